The fourth-order valence-electron chi connectivity index (χ4n) is 3.49. The highest BCUT2D eigenvalue weighted by Crippen LogP contribution is 2.23. The van der Waals surface area contributed by atoms with E-state index in [2.05, 4.69) is 20.5 Å². The second kappa shape index (κ2) is 7.72. The molecule has 0 bridgehead atoms. The van der Waals surface area contributed by atoms with Crippen LogP contribution in [0.3, 0.4) is 0 Å². The van der Waals surface area contributed by atoms with Gasteiger partial charge in [0.2, 0.25) is 0 Å². The van der Waals surface area contributed by atoms with Gasteiger partial charge in [-0.3, -0.25) is 9.69 Å². The van der Waals surface area contributed by atoms with Gasteiger partial charge in [-0.15, -0.1) is 0 Å². The molecule has 0 spiro atoms. The Hall–Kier alpha value is -2.35. The number of aryl methyl sites for hydroxylation is 1. The molecular formula is C19H22ClN5O2. The number of furan rings is 1. The highest BCUT2D eigenvalue weighted by atomic mass is 35.5. The molecule has 1 aromatic carbocycles. The molecule has 3 aromatic rings. The summed E-state index contributed by atoms with van der Waals surface area (Å²) in [5, 5.41) is 7.81. The SMILES string of the molecule is Cn1ccnc1C1CNCCN1CCNC(=O)c1cc2cc(Cl)ccc2o1. The molecule has 1 amide bonds. The average molecular weight is 388 g/mol. The number of imidazole rings is 1. The molecule has 0 aliphatic carbocycles. The summed E-state index contributed by atoms with van der Waals surface area (Å²) in [5.74, 6) is 1.11. The third kappa shape index (κ3) is 3.85. The zero-order chi connectivity index (χ0) is 18.8. The van der Waals surface area contributed by atoms with E-state index in [0.717, 1.165) is 37.4 Å². The van der Waals surface area contributed by atoms with Crippen LogP contribution < -0.4 is 10.6 Å². The lowest BCUT2D eigenvalue weighted by atomic mass is 10.1. The van der Waals surface area contributed by atoms with Crippen LogP contribution >= 0.6 is 11.6 Å². The molecule has 3 heterocycles. The highest BCUT2D eigenvalue weighted by molar-refractivity contribution is 6.31. The summed E-state index contributed by atoms with van der Waals surface area (Å²) >= 11 is 5.98. The van der Waals surface area contributed by atoms with E-state index in [4.69, 9.17) is 16.0 Å². The predicted octanol–water partition coefficient (Wildman–Crippen LogP) is 2.20. The van der Waals surface area contributed by atoms with Crippen molar-refractivity contribution >= 4 is 28.5 Å². The number of hydrogen-bond acceptors (Lipinski definition) is 5. The smallest absolute Gasteiger partial charge is 0.287 e. The lowest BCUT2D eigenvalue weighted by Crippen LogP contribution is -2.49. The van der Waals surface area contributed by atoms with Gasteiger partial charge in [-0.25, -0.2) is 4.98 Å². The molecule has 0 saturated carbocycles. The number of benzene rings is 1. The molecule has 0 radical (unpaired) electrons. The second-order valence-corrected chi connectivity index (χ2v) is 7.14. The average Bonchev–Trinajstić information content (AvgIpc) is 3.27. The molecule has 8 heteroatoms. The Morgan fingerprint density at radius 1 is 1.44 bits per heavy atom. The molecule has 7 nitrogen and oxygen atoms in total. The van der Waals surface area contributed by atoms with Crippen LogP contribution in [-0.4, -0.2) is 53.1 Å². The number of hydrogen-bond donors (Lipinski definition) is 2. The highest BCUT2D eigenvalue weighted by Gasteiger charge is 2.26. The van der Waals surface area contributed by atoms with Crippen molar-refractivity contribution in [3.05, 3.63) is 53.3 Å². The van der Waals surface area contributed by atoms with E-state index < -0.39 is 0 Å². The number of carbonyl (C=O) groups is 1. The Morgan fingerprint density at radius 2 is 2.33 bits per heavy atom. The molecular weight excluding hydrogens is 366 g/mol. The summed E-state index contributed by atoms with van der Waals surface area (Å²) in [6.45, 7) is 3.98. The molecule has 4 rings (SSSR count). The minimum atomic E-state index is -0.217. The normalized spacial score (nSPS) is 18.1. The fraction of sp³-hybridized carbons (Fsp3) is 0.368. The van der Waals surface area contributed by atoms with Crippen molar-refractivity contribution in [3.63, 3.8) is 0 Å². The Labute approximate surface area is 162 Å². The van der Waals surface area contributed by atoms with Crippen molar-refractivity contribution in [2.75, 3.05) is 32.7 Å². The molecule has 1 fully saturated rings. The maximum absolute atomic E-state index is 12.4. The molecule has 2 N–H and O–H groups in total. The van der Waals surface area contributed by atoms with Crippen LogP contribution in [0.2, 0.25) is 5.02 Å². The zero-order valence-corrected chi connectivity index (χ0v) is 15.9. The molecule has 1 aliphatic heterocycles. The monoisotopic (exact) mass is 387 g/mol. The molecule has 1 saturated heterocycles. The van der Waals surface area contributed by atoms with E-state index in [1.54, 1.807) is 24.3 Å². The van der Waals surface area contributed by atoms with Gasteiger partial charge in [0.05, 0.1) is 6.04 Å². The van der Waals surface area contributed by atoms with Gasteiger partial charge in [0.1, 0.15) is 11.4 Å². The topological polar surface area (TPSA) is 75.3 Å². The zero-order valence-electron chi connectivity index (χ0n) is 15.1. The van der Waals surface area contributed by atoms with Gasteiger partial charge in [0.25, 0.3) is 5.91 Å². The third-order valence-corrected chi connectivity index (χ3v) is 5.13. The molecule has 142 valence electrons. The number of amides is 1. The molecule has 1 aliphatic rings. The van der Waals surface area contributed by atoms with Gasteiger partial charge < -0.3 is 19.6 Å². The summed E-state index contributed by atoms with van der Waals surface area (Å²) in [5.41, 5.74) is 0.654. The number of aromatic nitrogens is 2. The summed E-state index contributed by atoms with van der Waals surface area (Å²) in [7, 11) is 2.00. The van der Waals surface area contributed by atoms with E-state index in [1.807, 2.05) is 24.0 Å². The molecule has 1 unspecified atom stereocenters. The number of nitrogens with one attached hydrogen (secondary N) is 2. The first-order valence-corrected chi connectivity index (χ1v) is 9.39. The van der Waals surface area contributed by atoms with Crippen LogP contribution in [0, 0.1) is 0 Å². The van der Waals surface area contributed by atoms with Crippen molar-refractivity contribution < 1.29 is 9.21 Å². The van der Waals surface area contributed by atoms with E-state index >= 15 is 0 Å². The summed E-state index contributed by atoms with van der Waals surface area (Å²) in [6.07, 6.45) is 3.77. The number of rotatable bonds is 5. The van der Waals surface area contributed by atoms with Crippen LogP contribution in [0.4, 0.5) is 0 Å². The Kier molecular flexibility index (Phi) is 5.15. The first kappa shape index (κ1) is 18.0. The van der Waals surface area contributed by atoms with Gasteiger partial charge in [-0.05, 0) is 24.3 Å². The van der Waals surface area contributed by atoms with E-state index in [-0.39, 0.29) is 11.9 Å². The standard InChI is InChI=1S/C19H22ClN5O2/c1-24-7-5-22-18(24)15-12-21-4-8-25(15)9-6-23-19(26)17-11-13-10-14(20)2-3-16(13)27-17/h2-3,5,7,10-11,15,21H,4,6,8-9,12H2,1H3,(H,23,26). The molecule has 27 heavy (non-hydrogen) atoms. The van der Waals surface area contributed by atoms with Crippen molar-refractivity contribution in [1.82, 2.24) is 25.1 Å². The maximum Gasteiger partial charge on any atom is 0.287 e. The quantitative estimate of drug-likeness (QED) is 0.702. The molecule has 2 aromatic heterocycles. The number of nitrogens with zero attached hydrogens (tertiary/aromatic N) is 3. The minimum absolute atomic E-state index is 0.198. The third-order valence-electron chi connectivity index (χ3n) is 4.90. The predicted molar refractivity (Wildman–Crippen MR) is 104 cm³/mol. The van der Waals surface area contributed by atoms with Gasteiger partial charge >= 0.3 is 0 Å². The number of fused-ring (bicyclic) bond motifs is 1. The van der Waals surface area contributed by atoms with Gasteiger partial charge in [-0.1, -0.05) is 11.6 Å². The lowest BCUT2D eigenvalue weighted by molar-refractivity contribution is 0.0912. The maximum atomic E-state index is 12.4. The van der Waals surface area contributed by atoms with Crippen LogP contribution in [0.1, 0.15) is 22.4 Å². The number of halogens is 1. The van der Waals surface area contributed by atoms with Crippen molar-refractivity contribution in [3.8, 4) is 0 Å². The minimum Gasteiger partial charge on any atom is -0.451 e. The number of carbonyl (C=O) groups excluding carboxylic acids is 1. The Bertz CT molecular complexity index is 951. The Morgan fingerprint density at radius 3 is 3.15 bits per heavy atom. The molecule has 1 atom stereocenters. The summed E-state index contributed by atoms with van der Waals surface area (Å²) < 4.78 is 7.66. The van der Waals surface area contributed by atoms with Crippen molar-refractivity contribution in [2.45, 2.75) is 6.04 Å². The summed E-state index contributed by atoms with van der Waals surface area (Å²) in [6, 6.07) is 7.22. The van der Waals surface area contributed by atoms with E-state index in [9.17, 15) is 4.79 Å². The van der Waals surface area contributed by atoms with Crippen LogP contribution in [-0.2, 0) is 7.05 Å². The second-order valence-electron chi connectivity index (χ2n) is 6.70. The van der Waals surface area contributed by atoms with Crippen LogP contribution in [0.5, 0.6) is 0 Å². The lowest BCUT2D eigenvalue weighted by Gasteiger charge is -2.35. The van der Waals surface area contributed by atoms with Crippen molar-refractivity contribution in [1.29, 1.82) is 0 Å². The van der Waals surface area contributed by atoms with Gasteiger partial charge in [-0.2, -0.15) is 0 Å². The van der Waals surface area contributed by atoms with Crippen LogP contribution in [0.25, 0.3) is 11.0 Å². The van der Waals surface area contributed by atoms with Gasteiger partial charge in [0, 0.05) is 62.6 Å². The largest absolute Gasteiger partial charge is 0.451 e. The first-order valence-electron chi connectivity index (χ1n) is 9.01. The van der Waals surface area contributed by atoms with E-state index in [0.29, 0.717) is 22.9 Å². The van der Waals surface area contributed by atoms with E-state index in [1.165, 1.54) is 0 Å². The summed E-state index contributed by atoms with van der Waals surface area (Å²) in [4.78, 5) is 19.2. The van der Waals surface area contributed by atoms with Crippen molar-refractivity contribution in [2.24, 2.45) is 7.05 Å². The first-order chi connectivity index (χ1) is 13.1. The Balaban J connectivity index is 1.37. The van der Waals surface area contributed by atoms with Gasteiger partial charge in [0.15, 0.2) is 5.76 Å². The fourth-order valence-corrected chi connectivity index (χ4v) is 3.67. The number of piperazine rings is 1. The van der Waals surface area contributed by atoms with Crippen LogP contribution in [0.15, 0.2) is 41.1 Å².